The summed E-state index contributed by atoms with van der Waals surface area (Å²) < 4.78 is 33.0. The summed E-state index contributed by atoms with van der Waals surface area (Å²) in [7, 11) is 1.46. The van der Waals surface area contributed by atoms with Crippen LogP contribution in [0.4, 0.5) is 14.6 Å². The monoisotopic (exact) mass is 354 g/mol. The first kappa shape index (κ1) is 17.8. The lowest BCUT2D eigenvalue weighted by Crippen LogP contribution is -2.40. The molecule has 2 aliphatic heterocycles. The number of carbonyl (C=O) groups excluding carboxylic acids is 1. The molecule has 1 aromatic rings. The summed E-state index contributed by atoms with van der Waals surface area (Å²) in [6.07, 6.45) is 1.69. The molecule has 1 atom stereocenters. The van der Waals surface area contributed by atoms with Crippen molar-refractivity contribution in [1.82, 2.24) is 15.6 Å². The normalized spacial score (nSPS) is 21.4. The van der Waals surface area contributed by atoms with Crippen LogP contribution in [-0.4, -0.2) is 49.8 Å². The van der Waals surface area contributed by atoms with Gasteiger partial charge in [0.05, 0.1) is 13.2 Å². The van der Waals surface area contributed by atoms with E-state index in [2.05, 4.69) is 15.6 Å². The Balaban J connectivity index is 1.69. The number of pyridine rings is 1. The molecule has 3 heterocycles. The molecule has 2 fully saturated rings. The topological polar surface area (TPSA) is 66.5 Å². The molecule has 2 aliphatic rings. The SMILES string of the molecule is COc1nc(N2CCC(F)CC2)c(F)cc1CNC(=O)[C@@H]1CCCN1. The number of piperidine rings is 1. The summed E-state index contributed by atoms with van der Waals surface area (Å²) in [6, 6.07) is 1.15. The maximum atomic E-state index is 14.5. The number of carbonyl (C=O) groups is 1. The summed E-state index contributed by atoms with van der Waals surface area (Å²) in [5.74, 6) is -0.134. The van der Waals surface area contributed by atoms with Crippen LogP contribution >= 0.6 is 0 Å². The van der Waals surface area contributed by atoms with Gasteiger partial charge in [0.2, 0.25) is 11.8 Å². The number of amides is 1. The van der Waals surface area contributed by atoms with Crippen molar-refractivity contribution >= 4 is 11.7 Å². The van der Waals surface area contributed by atoms with Gasteiger partial charge in [0.1, 0.15) is 6.17 Å². The van der Waals surface area contributed by atoms with Crippen LogP contribution in [0.15, 0.2) is 6.07 Å². The second kappa shape index (κ2) is 7.95. The first-order chi connectivity index (χ1) is 12.1. The maximum absolute atomic E-state index is 14.5. The van der Waals surface area contributed by atoms with Crippen LogP contribution in [0.2, 0.25) is 0 Å². The number of methoxy groups -OCH3 is 1. The molecule has 0 radical (unpaired) electrons. The van der Waals surface area contributed by atoms with Crippen molar-refractivity contribution in [2.24, 2.45) is 0 Å². The molecule has 0 aromatic carbocycles. The van der Waals surface area contributed by atoms with E-state index in [1.165, 1.54) is 13.2 Å². The molecule has 2 N–H and O–H groups in total. The molecule has 0 saturated carbocycles. The molecule has 0 unspecified atom stereocenters. The average molecular weight is 354 g/mol. The zero-order chi connectivity index (χ0) is 17.8. The van der Waals surface area contributed by atoms with E-state index in [1.807, 2.05) is 0 Å². The van der Waals surface area contributed by atoms with Gasteiger partial charge in [-0.2, -0.15) is 4.98 Å². The zero-order valence-electron chi connectivity index (χ0n) is 14.4. The fraction of sp³-hybridized carbons (Fsp3) is 0.647. The van der Waals surface area contributed by atoms with Crippen molar-refractivity contribution in [2.75, 3.05) is 31.6 Å². The van der Waals surface area contributed by atoms with E-state index in [0.29, 0.717) is 31.5 Å². The molecule has 25 heavy (non-hydrogen) atoms. The second-order valence-corrected chi connectivity index (χ2v) is 6.49. The molecule has 2 saturated heterocycles. The molecule has 0 bridgehead atoms. The first-order valence-corrected chi connectivity index (χ1v) is 8.72. The number of anilines is 1. The van der Waals surface area contributed by atoms with Gasteiger partial charge in [-0.25, -0.2) is 8.78 Å². The minimum Gasteiger partial charge on any atom is -0.481 e. The Morgan fingerprint density at radius 3 is 2.84 bits per heavy atom. The Labute approximate surface area is 145 Å². The number of alkyl halides is 1. The highest BCUT2D eigenvalue weighted by atomic mass is 19.1. The van der Waals surface area contributed by atoms with Crippen molar-refractivity contribution in [3.8, 4) is 5.88 Å². The van der Waals surface area contributed by atoms with Gasteiger partial charge in [-0.1, -0.05) is 0 Å². The van der Waals surface area contributed by atoms with Crippen LogP contribution in [0.5, 0.6) is 5.88 Å². The highest BCUT2D eigenvalue weighted by molar-refractivity contribution is 5.82. The number of aromatic nitrogens is 1. The number of hydrogen-bond donors (Lipinski definition) is 2. The van der Waals surface area contributed by atoms with E-state index in [4.69, 9.17) is 4.74 Å². The van der Waals surface area contributed by atoms with Crippen LogP contribution in [0.3, 0.4) is 0 Å². The number of hydrogen-bond acceptors (Lipinski definition) is 5. The number of nitrogens with one attached hydrogen (secondary N) is 2. The smallest absolute Gasteiger partial charge is 0.237 e. The van der Waals surface area contributed by atoms with Crippen LogP contribution in [0.25, 0.3) is 0 Å². The lowest BCUT2D eigenvalue weighted by molar-refractivity contribution is -0.122. The molecule has 1 aromatic heterocycles. The van der Waals surface area contributed by atoms with Gasteiger partial charge >= 0.3 is 0 Å². The van der Waals surface area contributed by atoms with Crippen molar-refractivity contribution < 1.29 is 18.3 Å². The molecule has 6 nitrogen and oxygen atoms in total. The van der Waals surface area contributed by atoms with E-state index in [-0.39, 0.29) is 30.2 Å². The Morgan fingerprint density at radius 1 is 1.44 bits per heavy atom. The third-order valence-corrected chi connectivity index (χ3v) is 4.74. The highest BCUT2D eigenvalue weighted by Crippen LogP contribution is 2.27. The van der Waals surface area contributed by atoms with Crippen molar-refractivity contribution in [3.05, 3.63) is 17.4 Å². The number of nitrogens with zero attached hydrogens (tertiary/aromatic N) is 2. The lowest BCUT2D eigenvalue weighted by Gasteiger charge is -2.30. The Hall–Kier alpha value is -1.96. The first-order valence-electron chi connectivity index (χ1n) is 8.72. The molecular weight excluding hydrogens is 330 g/mol. The predicted molar refractivity (Wildman–Crippen MR) is 90.0 cm³/mol. The third kappa shape index (κ3) is 4.18. The lowest BCUT2D eigenvalue weighted by atomic mass is 10.1. The third-order valence-electron chi connectivity index (χ3n) is 4.74. The van der Waals surface area contributed by atoms with Gasteiger partial charge in [-0.3, -0.25) is 4.79 Å². The second-order valence-electron chi connectivity index (χ2n) is 6.49. The Bertz CT molecular complexity index is 615. The van der Waals surface area contributed by atoms with Gasteiger partial charge in [0.15, 0.2) is 11.6 Å². The average Bonchev–Trinajstić information content (AvgIpc) is 3.15. The molecule has 8 heteroatoms. The summed E-state index contributed by atoms with van der Waals surface area (Å²) in [5, 5.41) is 5.91. The molecule has 1 amide bonds. The Kier molecular flexibility index (Phi) is 5.67. The number of ether oxygens (including phenoxy) is 1. The summed E-state index contributed by atoms with van der Waals surface area (Å²) in [4.78, 5) is 18.1. The molecule has 138 valence electrons. The van der Waals surface area contributed by atoms with Crippen LogP contribution in [0.1, 0.15) is 31.2 Å². The fourth-order valence-corrected chi connectivity index (χ4v) is 3.30. The molecule has 0 aliphatic carbocycles. The van der Waals surface area contributed by atoms with E-state index in [0.717, 1.165) is 19.4 Å². The fourth-order valence-electron chi connectivity index (χ4n) is 3.30. The number of rotatable bonds is 5. The molecule has 3 rings (SSSR count). The minimum atomic E-state index is -0.833. The van der Waals surface area contributed by atoms with Crippen LogP contribution in [0, 0.1) is 5.82 Å². The van der Waals surface area contributed by atoms with E-state index >= 15 is 0 Å². The van der Waals surface area contributed by atoms with Crippen molar-refractivity contribution in [1.29, 1.82) is 0 Å². The van der Waals surface area contributed by atoms with Crippen LogP contribution in [-0.2, 0) is 11.3 Å². The summed E-state index contributed by atoms with van der Waals surface area (Å²) in [6.45, 7) is 1.84. The van der Waals surface area contributed by atoms with E-state index in [1.54, 1.807) is 4.90 Å². The number of halogens is 2. The van der Waals surface area contributed by atoms with E-state index in [9.17, 15) is 13.6 Å². The quantitative estimate of drug-likeness (QED) is 0.840. The standard InChI is InChI=1S/C17H24F2N4O2/c1-25-17-11(10-21-16(24)14-3-2-6-20-14)9-13(19)15(22-17)23-7-4-12(18)5-8-23/h9,12,14,20H,2-8,10H2,1H3,(H,21,24)/t14-/m0/s1. The van der Waals surface area contributed by atoms with Crippen LogP contribution < -0.4 is 20.3 Å². The Morgan fingerprint density at radius 2 is 2.20 bits per heavy atom. The predicted octanol–water partition coefficient (Wildman–Crippen LogP) is 1.54. The van der Waals surface area contributed by atoms with Gasteiger partial charge in [0, 0.05) is 25.2 Å². The summed E-state index contributed by atoms with van der Waals surface area (Å²) in [5.41, 5.74) is 0.482. The van der Waals surface area contributed by atoms with Gasteiger partial charge < -0.3 is 20.3 Å². The van der Waals surface area contributed by atoms with Crippen molar-refractivity contribution in [2.45, 2.75) is 44.4 Å². The van der Waals surface area contributed by atoms with Gasteiger partial charge in [0.25, 0.3) is 0 Å². The van der Waals surface area contributed by atoms with Gasteiger partial charge in [-0.05, 0) is 38.3 Å². The largest absolute Gasteiger partial charge is 0.481 e. The maximum Gasteiger partial charge on any atom is 0.237 e. The molecular formula is C17H24F2N4O2. The summed E-state index contributed by atoms with van der Waals surface area (Å²) >= 11 is 0. The zero-order valence-corrected chi connectivity index (χ0v) is 14.4. The molecule has 0 spiro atoms. The van der Waals surface area contributed by atoms with Gasteiger partial charge in [-0.15, -0.1) is 0 Å². The minimum absolute atomic E-state index is 0.103. The highest BCUT2D eigenvalue weighted by Gasteiger charge is 2.25. The van der Waals surface area contributed by atoms with E-state index < -0.39 is 12.0 Å². The van der Waals surface area contributed by atoms with Crippen molar-refractivity contribution in [3.63, 3.8) is 0 Å².